The Hall–Kier alpha value is -2.82. The molecular weight excluding hydrogens is 456 g/mol. The highest BCUT2D eigenvalue weighted by Crippen LogP contribution is 2.32. The van der Waals surface area contributed by atoms with Crippen molar-refractivity contribution in [2.75, 3.05) is 32.6 Å². The monoisotopic (exact) mass is 480 g/mol. The number of anilines is 1. The molecule has 32 heavy (non-hydrogen) atoms. The van der Waals surface area contributed by atoms with E-state index in [1.807, 2.05) is 0 Å². The molecule has 3 aromatic rings. The van der Waals surface area contributed by atoms with Gasteiger partial charge in [0.05, 0.1) is 31.4 Å². The highest BCUT2D eigenvalue weighted by molar-refractivity contribution is 7.89. The Bertz CT molecular complexity index is 1180. The second-order valence-electron chi connectivity index (χ2n) is 6.67. The molecule has 1 N–H and O–H groups in total. The molecule has 0 saturated heterocycles. The molecule has 0 fully saturated rings. The third-order valence-corrected chi connectivity index (χ3v) is 7.35. The first-order valence-corrected chi connectivity index (χ1v) is 11.7. The van der Waals surface area contributed by atoms with Crippen LogP contribution in [0.25, 0.3) is 11.4 Å². The van der Waals surface area contributed by atoms with Gasteiger partial charge >= 0.3 is 0 Å². The van der Waals surface area contributed by atoms with Gasteiger partial charge in [-0.25, -0.2) is 8.42 Å². The standard InChI is InChI=1S/C21H25ClN4O5S/c1-5-26(6-2)32(27,28)19-11-14(7-10-17(19)22)23-13-20-24-21(25-31-20)16-9-8-15(29-3)12-18(16)30-4/h7-12,23H,5-6,13H2,1-4H3. The van der Waals surface area contributed by atoms with Crippen molar-refractivity contribution in [1.29, 1.82) is 0 Å². The molecule has 3 rings (SSSR count). The van der Waals surface area contributed by atoms with Gasteiger partial charge < -0.3 is 19.3 Å². The highest BCUT2D eigenvalue weighted by atomic mass is 35.5. The van der Waals surface area contributed by atoms with E-state index in [9.17, 15) is 8.42 Å². The van der Waals surface area contributed by atoms with Crippen molar-refractivity contribution in [2.45, 2.75) is 25.3 Å². The highest BCUT2D eigenvalue weighted by Gasteiger charge is 2.24. The quantitative estimate of drug-likeness (QED) is 0.463. The number of hydrogen-bond acceptors (Lipinski definition) is 8. The average Bonchev–Trinajstić information content (AvgIpc) is 3.27. The first-order valence-electron chi connectivity index (χ1n) is 9.92. The molecule has 9 nitrogen and oxygen atoms in total. The summed E-state index contributed by atoms with van der Waals surface area (Å²) in [6.07, 6.45) is 0. The topological polar surface area (TPSA) is 107 Å². The molecule has 0 radical (unpaired) electrons. The fraction of sp³-hybridized carbons (Fsp3) is 0.333. The molecule has 1 aromatic heterocycles. The van der Waals surface area contributed by atoms with Crippen LogP contribution in [0.4, 0.5) is 5.69 Å². The van der Waals surface area contributed by atoms with Gasteiger partial charge in [-0.3, -0.25) is 0 Å². The molecule has 0 atom stereocenters. The maximum Gasteiger partial charge on any atom is 0.246 e. The van der Waals surface area contributed by atoms with Gasteiger partial charge in [-0.1, -0.05) is 30.6 Å². The summed E-state index contributed by atoms with van der Waals surface area (Å²) < 4.78 is 43.0. The Balaban J connectivity index is 1.79. The van der Waals surface area contributed by atoms with Crippen LogP contribution in [0.1, 0.15) is 19.7 Å². The summed E-state index contributed by atoms with van der Waals surface area (Å²) in [7, 11) is -0.579. The molecule has 0 aliphatic rings. The Morgan fingerprint density at radius 2 is 1.84 bits per heavy atom. The smallest absolute Gasteiger partial charge is 0.246 e. The molecular formula is C21H25ClN4O5S. The maximum atomic E-state index is 12.9. The van der Waals surface area contributed by atoms with Crippen molar-refractivity contribution >= 4 is 27.3 Å². The lowest BCUT2D eigenvalue weighted by molar-refractivity contribution is 0.382. The number of benzene rings is 2. The van der Waals surface area contributed by atoms with Crippen molar-refractivity contribution in [3.8, 4) is 22.9 Å². The molecule has 2 aromatic carbocycles. The molecule has 0 bridgehead atoms. The Morgan fingerprint density at radius 3 is 2.50 bits per heavy atom. The average molecular weight is 481 g/mol. The minimum atomic E-state index is -3.70. The van der Waals surface area contributed by atoms with E-state index in [1.165, 1.54) is 10.4 Å². The molecule has 1 heterocycles. The Kier molecular flexibility index (Phi) is 7.60. The van der Waals surface area contributed by atoms with E-state index in [2.05, 4.69) is 15.5 Å². The third kappa shape index (κ3) is 4.98. The van der Waals surface area contributed by atoms with Crippen LogP contribution in [-0.4, -0.2) is 50.2 Å². The van der Waals surface area contributed by atoms with E-state index in [1.54, 1.807) is 58.4 Å². The van der Waals surface area contributed by atoms with E-state index in [0.717, 1.165) is 0 Å². The molecule has 0 unspecified atom stereocenters. The lowest BCUT2D eigenvalue weighted by Gasteiger charge is -2.19. The first kappa shape index (κ1) is 23.8. The lowest BCUT2D eigenvalue weighted by Crippen LogP contribution is -2.30. The molecule has 0 saturated carbocycles. The number of halogens is 1. The van der Waals surface area contributed by atoms with Crippen LogP contribution < -0.4 is 14.8 Å². The van der Waals surface area contributed by atoms with Gasteiger partial charge in [0.1, 0.15) is 16.4 Å². The van der Waals surface area contributed by atoms with E-state index in [0.29, 0.717) is 47.6 Å². The number of nitrogens with one attached hydrogen (secondary N) is 1. The molecule has 11 heteroatoms. The summed E-state index contributed by atoms with van der Waals surface area (Å²) in [6, 6.07) is 10.0. The maximum absolute atomic E-state index is 12.9. The number of methoxy groups -OCH3 is 2. The summed E-state index contributed by atoms with van der Waals surface area (Å²) >= 11 is 6.18. The predicted molar refractivity (Wildman–Crippen MR) is 122 cm³/mol. The fourth-order valence-electron chi connectivity index (χ4n) is 3.11. The zero-order valence-electron chi connectivity index (χ0n) is 18.3. The van der Waals surface area contributed by atoms with Gasteiger partial charge in [0.2, 0.25) is 21.7 Å². The summed E-state index contributed by atoms with van der Waals surface area (Å²) in [5.74, 6) is 1.88. The molecule has 0 aliphatic heterocycles. The molecule has 0 aliphatic carbocycles. The van der Waals surface area contributed by atoms with E-state index < -0.39 is 10.0 Å². The minimum absolute atomic E-state index is 0.0436. The van der Waals surface area contributed by atoms with Crippen molar-refractivity contribution in [3.63, 3.8) is 0 Å². The van der Waals surface area contributed by atoms with E-state index >= 15 is 0 Å². The van der Waals surface area contributed by atoms with Crippen LogP contribution in [0.5, 0.6) is 11.5 Å². The molecule has 0 amide bonds. The van der Waals surface area contributed by atoms with Crippen molar-refractivity contribution in [3.05, 3.63) is 47.3 Å². The van der Waals surface area contributed by atoms with Gasteiger partial charge in [-0.15, -0.1) is 0 Å². The summed E-state index contributed by atoms with van der Waals surface area (Å²) in [5.41, 5.74) is 1.21. The van der Waals surface area contributed by atoms with Crippen LogP contribution in [0.15, 0.2) is 45.8 Å². The summed E-state index contributed by atoms with van der Waals surface area (Å²) in [4.78, 5) is 4.43. The predicted octanol–water partition coefficient (Wildman–Crippen LogP) is 4.05. The van der Waals surface area contributed by atoms with Crippen LogP contribution in [0.3, 0.4) is 0 Å². The zero-order valence-corrected chi connectivity index (χ0v) is 19.8. The van der Waals surface area contributed by atoms with Crippen molar-refractivity contribution < 1.29 is 22.4 Å². The van der Waals surface area contributed by atoms with Crippen LogP contribution in [0.2, 0.25) is 5.02 Å². The Labute approximate surface area is 192 Å². The fourth-order valence-corrected chi connectivity index (χ4v) is 5.07. The van der Waals surface area contributed by atoms with Crippen molar-refractivity contribution in [2.24, 2.45) is 0 Å². The SMILES string of the molecule is CCN(CC)S(=O)(=O)c1cc(NCc2nc(-c3ccc(OC)cc3OC)no2)ccc1Cl. The van der Waals surface area contributed by atoms with Gasteiger partial charge in [0.15, 0.2) is 0 Å². The molecule has 0 spiro atoms. The second-order valence-corrected chi connectivity index (χ2v) is 8.98. The van der Waals surface area contributed by atoms with Crippen LogP contribution in [-0.2, 0) is 16.6 Å². The third-order valence-electron chi connectivity index (χ3n) is 4.82. The lowest BCUT2D eigenvalue weighted by atomic mass is 10.2. The van der Waals surface area contributed by atoms with Gasteiger partial charge in [-0.2, -0.15) is 9.29 Å². The van der Waals surface area contributed by atoms with E-state index in [-0.39, 0.29) is 16.5 Å². The first-order chi connectivity index (χ1) is 15.3. The van der Waals surface area contributed by atoms with Gasteiger partial charge in [-0.05, 0) is 30.3 Å². The number of ether oxygens (including phenoxy) is 2. The second kappa shape index (κ2) is 10.2. The number of hydrogen-bond donors (Lipinski definition) is 1. The van der Waals surface area contributed by atoms with Crippen LogP contribution >= 0.6 is 11.6 Å². The van der Waals surface area contributed by atoms with E-state index in [4.69, 9.17) is 25.6 Å². The van der Waals surface area contributed by atoms with Gasteiger partial charge in [0, 0.05) is 24.8 Å². The zero-order chi connectivity index (χ0) is 23.3. The summed E-state index contributed by atoms with van der Waals surface area (Å²) in [6.45, 7) is 4.46. The number of rotatable bonds is 10. The van der Waals surface area contributed by atoms with Gasteiger partial charge in [0.25, 0.3) is 0 Å². The van der Waals surface area contributed by atoms with Crippen LogP contribution in [0, 0.1) is 0 Å². The molecule has 172 valence electrons. The number of nitrogens with zero attached hydrogens (tertiary/aromatic N) is 3. The number of aromatic nitrogens is 2. The minimum Gasteiger partial charge on any atom is -0.497 e. The summed E-state index contributed by atoms with van der Waals surface area (Å²) in [5, 5.41) is 7.27. The normalized spacial score (nSPS) is 11.6. The van der Waals surface area contributed by atoms with Crippen molar-refractivity contribution in [1.82, 2.24) is 14.4 Å². The Morgan fingerprint density at radius 1 is 1.09 bits per heavy atom. The largest absolute Gasteiger partial charge is 0.497 e. The number of sulfonamides is 1.